The second-order valence-electron chi connectivity index (χ2n) is 17.0. The van der Waals surface area contributed by atoms with Crippen molar-refractivity contribution in [2.24, 2.45) is 23.7 Å². The standard InChI is InChI=1S/C40H71NO13/c1-15-17-49-39(10)19-21(3)30(42)23(5)33(44)40(11,47)28(16-2)52-36(46)25(7)32(53-29-20-38(9,48-14)34(45)26(8)51-29)24(6)35(39)54-37-31(43)27(41(12)13)18-22(4)50-37/h15,21-29,31-35,37,43-45,47H,1,16-20H2,2-14H3/t21-,22-,23+,24+,25-,26+,27+,28-,29?,31-,32+,33-,34?,35-,37+,38-,39-,40-/m1/s1. The maximum atomic E-state index is 14.3. The summed E-state index contributed by atoms with van der Waals surface area (Å²) in [5.41, 5.74) is -4.33. The normalized spacial score (nSPS) is 47.6. The Kier molecular flexibility index (Phi) is 16.3. The lowest BCUT2D eigenvalue weighted by atomic mass is 9.73. The number of cyclic esters (lactones) is 1. The first-order chi connectivity index (χ1) is 25.0. The molecule has 0 saturated carbocycles. The highest BCUT2D eigenvalue weighted by atomic mass is 16.7. The number of carbonyl (C=O) groups excluding carboxylic acids is 2. The van der Waals surface area contributed by atoms with Crippen LogP contribution in [-0.4, -0.2) is 149 Å². The van der Waals surface area contributed by atoms with Gasteiger partial charge in [0.25, 0.3) is 0 Å². The molecule has 14 heteroatoms. The van der Waals surface area contributed by atoms with Gasteiger partial charge in [-0.05, 0) is 74.9 Å². The molecule has 0 aromatic rings. The van der Waals surface area contributed by atoms with E-state index in [1.807, 2.05) is 32.8 Å². The summed E-state index contributed by atoms with van der Waals surface area (Å²) in [6.45, 7) is 21.0. The molecule has 314 valence electrons. The van der Waals surface area contributed by atoms with E-state index in [2.05, 4.69) is 6.58 Å². The molecule has 3 rings (SSSR count). The van der Waals surface area contributed by atoms with Crippen molar-refractivity contribution in [1.29, 1.82) is 0 Å². The highest BCUT2D eigenvalue weighted by Gasteiger charge is 2.54. The summed E-state index contributed by atoms with van der Waals surface area (Å²) in [4.78, 5) is 30.3. The number of aliphatic hydroxyl groups excluding tert-OH is 3. The van der Waals surface area contributed by atoms with Crippen molar-refractivity contribution in [3.05, 3.63) is 12.7 Å². The molecule has 0 amide bonds. The van der Waals surface area contributed by atoms with Crippen LogP contribution in [0.1, 0.15) is 94.9 Å². The molecule has 3 fully saturated rings. The molecule has 0 bridgehead atoms. The number of nitrogens with zero attached hydrogens (tertiary/aromatic N) is 1. The molecule has 4 N–H and O–H groups in total. The number of ketones is 1. The van der Waals surface area contributed by atoms with Gasteiger partial charge in [-0.25, -0.2) is 0 Å². The Bertz CT molecular complexity index is 1250. The van der Waals surface area contributed by atoms with E-state index < -0.39 is 102 Å². The van der Waals surface area contributed by atoms with Gasteiger partial charge in [0, 0.05) is 37.3 Å². The van der Waals surface area contributed by atoms with Gasteiger partial charge in [0.15, 0.2) is 12.6 Å². The van der Waals surface area contributed by atoms with Crippen molar-refractivity contribution in [2.75, 3.05) is 27.8 Å². The Hall–Kier alpha value is -1.56. The Morgan fingerprint density at radius 2 is 1.56 bits per heavy atom. The molecular formula is C40H71NO13. The van der Waals surface area contributed by atoms with Crippen LogP contribution in [0, 0.1) is 23.7 Å². The fraction of sp³-hybridized carbons (Fsp3) is 0.900. The van der Waals surface area contributed by atoms with Gasteiger partial charge < -0.3 is 58.5 Å². The number of methoxy groups -OCH3 is 1. The van der Waals surface area contributed by atoms with Crippen LogP contribution in [0.3, 0.4) is 0 Å². The topological polar surface area (TPSA) is 183 Å². The van der Waals surface area contributed by atoms with E-state index in [-0.39, 0.29) is 43.8 Å². The second kappa shape index (κ2) is 18.8. The number of rotatable bonds is 10. The van der Waals surface area contributed by atoms with Crippen LogP contribution in [0.25, 0.3) is 0 Å². The maximum Gasteiger partial charge on any atom is 0.311 e. The predicted octanol–water partition coefficient (Wildman–Crippen LogP) is 3.00. The number of Topliss-reactive ketones (excluding diaryl/α,β-unsaturated/α-hetero) is 1. The summed E-state index contributed by atoms with van der Waals surface area (Å²) < 4.78 is 44.4. The average molecular weight is 774 g/mol. The average Bonchev–Trinajstić information content (AvgIpc) is 3.11. The molecule has 0 aromatic carbocycles. The third-order valence-corrected chi connectivity index (χ3v) is 12.3. The summed E-state index contributed by atoms with van der Waals surface area (Å²) >= 11 is 0. The zero-order valence-electron chi connectivity index (χ0n) is 34.9. The monoisotopic (exact) mass is 773 g/mol. The number of ether oxygens (including phenoxy) is 7. The van der Waals surface area contributed by atoms with Gasteiger partial charge in [0.2, 0.25) is 0 Å². The first-order valence-electron chi connectivity index (χ1n) is 19.6. The lowest BCUT2D eigenvalue weighted by Gasteiger charge is -2.50. The Morgan fingerprint density at radius 3 is 2.11 bits per heavy atom. The molecule has 3 saturated heterocycles. The summed E-state index contributed by atoms with van der Waals surface area (Å²) in [7, 11) is 5.25. The lowest BCUT2D eigenvalue weighted by Crippen LogP contribution is -2.61. The molecule has 0 radical (unpaired) electrons. The fourth-order valence-corrected chi connectivity index (χ4v) is 8.78. The summed E-state index contributed by atoms with van der Waals surface area (Å²) in [6, 6.07) is -0.300. The van der Waals surface area contributed by atoms with Gasteiger partial charge in [-0.3, -0.25) is 9.59 Å². The van der Waals surface area contributed by atoms with Crippen molar-refractivity contribution in [2.45, 2.75) is 179 Å². The summed E-state index contributed by atoms with van der Waals surface area (Å²) in [6.07, 6.45) is -7.41. The number of likely N-dealkylation sites (N-methyl/N-ethyl adjacent to an activating group) is 1. The van der Waals surface area contributed by atoms with E-state index in [1.165, 1.54) is 14.0 Å². The molecule has 54 heavy (non-hydrogen) atoms. The first-order valence-corrected chi connectivity index (χ1v) is 19.6. The third-order valence-electron chi connectivity index (χ3n) is 12.3. The van der Waals surface area contributed by atoms with Gasteiger partial charge >= 0.3 is 5.97 Å². The second-order valence-corrected chi connectivity index (χ2v) is 17.0. The van der Waals surface area contributed by atoms with E-state index in [4.69, 9.17) is 33.2 Å². The zero-order valence-corrected chi connectivity index (χ0v) is 34.9. The highest BCUT2D eigenvalue weighted by Crippen LogP contribution is 2.42. The molecule has 0 aliphatic carbocycles. The van der Waals surface area contributed by atoms with Gasteiger partial charge in [0.1, 0.15) is 29.7 Å². The SMILES string of the molecule is C=CCO[C@]1(C)C[C@@H](C)C(=O)[C@H](C)[C@@H](O)[C@](C)(O)[C@@H](CC)OC(=O)[C@H](C)[C@@H](OC2C[C@@](C)(OC)C(O)[C@H](C)O2)[C@H](C)[C@H]1O[C@@H]1O[C@H](C)C[C@H](N(C)C)[C@H]1O. The van der Waals surface area contributed by atoms with E-state index in [0.29, 0.717) is 6.42 Å². The van der Waals surface area contributed by atoms with E-state index in [0.717, 1.165) is 0 Å². The molecule has 0 spiro atoms. The van der Waals surface area contributed by atoms with Crippen LogP contribution in [0.2, 0.25) is 0 Å². The van der Waals surface area contributed by atoms with Crippen molar-refractivity contribution in [3.63, 3.8) is 0 Å². The molecule has 2 unspecified atom stereocenters. The van der Waals surface area contributed by atoms with E-state index in [9.17, 15) is 30.0 Å². The van der Waals surface area contributed by atoms with Gasteiger partial charge in [-0.15, -0.1) is 6.58 Å². The van der Waals surface area contributed by atoms with Crippen LogP contribution in [0.5, 0.6) is 0 Å². The number of hydrogen-bond donors (Lipinski definition) is 4. The van der Waals surface area contributed by atoms with E-state index >= 15 is 0 Å². The number of aliphatic hydroxyl groups is 4. The van der Waals surface area contributed by atoms with E-state index in [1.54, 1.807) is 54.5 Å². The highest BCUT2D eigenvalue weighted by molar-refractivity contribution is 5.83. The molecule has 14 nitrogen and oxygen atoms in total. The largest absolute Gasteiger partial charge is 0.459 e. The van der Waals surface area contributed by atoms with Gasteiger partial charge in [0.05, 0.1) is 54.2 Å². The Balaban J connectivity index is 2.27. The van der Waals surface area contributed by atoms with Crippen molar-refractivity contribution >= 4 is 11.8 Å². The minimum atomic E-state index is -1.98. The van der Waals surface area contributed by atoms with Gasteiger partial charge in [-0.2, -0.15) is 0 Å². The Morgan fingerprint density at radius 1 is 0.926 bits per heavy atom. The molecule has 18 atom stereocenters. The summed E-state index contributed by atoms with van der Waals surface area (Å²) in [5.74, 6) is -4.60. The van der Waals surface area contributed by atoms with Crippen LogP contribution in [-0.2, 0) is 42.7 Å². The third kappa shape index (κ3) is 10.1. The van der Waals surface area contributed by atoms with Crippen LogP contribution in [0.4, 0.5) is 0 Å². The number of esters is 1. The maximum absolute atomic E-state index is 14.3. The predicted molar refractivity (Wildman–Crippen MR) is 200 cm³/mol. The number of carbonyl (C=O) groups is 2. The Labute approximate surface area is 322 Å². The quantitative estimate of drug-likeness (QED) is 0.188. The minimum absolute atomic E-state index is 0.0658. The smallest absolute Gasteiger partial charge is 0.311 e. The van der Waals surface area contributed by atoms with Crippen molar-refractivity contribution < 1.29 is 63.2 Å². The zero-order chi connectivity index (χ0) is 41.1. The molecule has 3 aliphatic heterocycles. The molecule has 3 aliphatic rings. The minimum Gasteiger partial charge on any atom is -0.459 e. The van der Waals surface area contributed by atoms with Gasteiger partial charge in [-0.1, -0.05) is 33.8 Å². The molecular weight excluding hydrogens is 702 g/mol. The van der Waals surface area contributed by atoms with Crippen LogP contribution < -0.4 is 0 Å². The molecule has 0 aromatic heterocycles. The van der Waals surface area contributed by atoms with Crippen LogP contribution >= 0.6 is 0 Å². The fourth-order valence-electron chi connectivity index (χ4n) is 8.78. The first kappa shape index (κ1) is 46.8. The lowest BCUT2D eigenvalue weighted by molar-refractivity contribution is -0.320. The van der Waals surface area contributed by atoms with Crippen molar-refractivity contribution in [1.82, 2.24) is 4.90 Å². The number of hydrogen-bond acceptors (Lipinski definition) is 14. The molecule has 3 heterocycles. The van der Waals surface area contributed by atoms with Crippen molar-refractivity contribution in [3.8, 4) is 0 Å². The van der Waals surface area contributed by atoms with Crippen LogP contribution in [0.15, 0.2) is 12.7 Å². The summed E-state index contributed by atoms with van der Waals surface area (Å²) in [5, 5.41) is 45.8.